The first-order valence-electron chi connectivity index (χ1n) is 6.55. The summed E-state index contributed by atoms with van der Waals surface area (Å²) in [6.45, 7) is 6.84. The third-order valence-electron chi connectivity index (χ3n) is 2.80. The van der Waals surface area contributed by atoms with Crippen LogP contribution in [0.2, 0.25) is 0 Å². The van der Waals surface area contributed by atoms with Crippen LogP contribution in [0, 0.1) is 0 Å². The van der Waals surface area contributed by atoms with Gasteiger partial charge < -0.3 is 14.8 Å². The van der Waals surface area contributed by atoms with E-state index in [1.807, 2.05) is 13.8 Å². The second-order valence-electron chi connectivity index (χ2n) is 4.72. The molecule has 0 radical (unpaired) electrons. The van der Waals surface area contributed by atoms with Crippen LogP contribution in [-0.2, 0) is 19.7 Å². The molecule has 0 amide bonds. The van der Waals surface area contributed by atoms with Crippen molar-refractivity contribution >= 4 is 22.6 Å². The van der Waals surface area contributed by atoms with Gasteiger partial charge in [-0.1, -0.05) is 0 Å². The Labute approximate surface area is 128 Å². The van der Waals surface area contributed by atoms with E-state index in [1.165, 1.54) is 4.31 Å². The molecule has 2 atom stereocenters. The van der Waals surface area contributed by atoms with Gasteiger partial charge in [0.1, 0.15) is 0 Å². The van der Waals surface area contributed by atoms with Crippen LogP contribution in [0.1, 0.15) is 13.8 Å². The molecular weight excluding hydrogens is 306 g/mol. The standard InChI is InChI=1S/C11H25N3O4S.ClH/c1-10-8-14(9-11(2)18-10)19(15,16)13-5-4-12-6-7-17-3;/h10-13H,4-9H2,1-3H3;1H. The molecule has 0 spiro atoms. The number of nitrogens with one attached hydrogen (secondary N) is 2. The summed E-state index contributed by atoms with van der Waals surface area (Å²) in [5.41, 5.74) is 0. The molecule has 2 N–H and O–H groups in total. The molecule has 0 bridgehead atoms. The molecule has 20 heavy (non-hydrogen) atoms. The van der Waals surface area contributed by atoms with Crippen LogP contribution in [0.5, 0.6) is 0 Å². The monoisotopic (exact) mass is 331 g/mol. The van der Waals surface area contributed by atoms with Gasteiger partial charge in [-0.2, -0.15) is 12.7 Å². The molecular formula is C11H26ClN3O4S. The molecule has 1 fully saturated rings. The van der Waals surface area contributed by atoms with Crippen molar-refractivity contribution in [3.05, 3.63) is 0 Å². The van der Waals surface area contributed by atoms with Gasteiger partial charge in [0.2, 0.25) is 0 Å². The average molecular weight is 332 g/mol. The summed E-state index contributed by atoms with van der Waals surface area (Å²) in [6, 6.07) is 0. The number of rotatable bonds is 8. The summed E-state index contributed by atoms with van der Waals surface area (Å²) >= 11 is 0. The lowest BCUT2D eigenvalue weighted by molar-refractivity contribution is -0.0443. The molecule has 1 rings (SSSR count). The van der Waals surface area contributed by atoms with Gasteiger partial charge in [0, 0.05) is 39.8 Å². The number of ether oxygens (including phenoxy) is 2. The van der Waals surface area contributed by atoms with E-state index in [1.54, 1.807) is 7.11 Å². The Bertz CT molecular complexity index is 346. The quantitative estimate of drug-likeness (QED) is 0.591. The van der Waals surface area contributed by atoms with Gasteiger partial charge in [0.05, 0.1) is 18.8 Å². The summed E-state index contributed by atoms with van der Waals surface area (Å²) in [7, 11) is -1.78. The smallest absolute Gasteiger partial charge is 0.279 e. The highest BCUT2D eigenvalue weighted by Crippen LogP contribution is 2.13. The summed E-state index contributed by atoms with van der Waals surface area (Å²) in [4.78, 5) is 0. The molecule has 0 aromatic heterocycles. The molecule has 1 saturated heterocycles. The number of hydrogen-bond donors (Lipinski definition) is 2. The summed E-state index contributed by atoms with van der Waals surface area (Å²) in [5.74, 6) is 0. The Kier molecular flexibility index (Phi) is 9.90. The summed E-state index contributed by atoms with van der Waals surface area (Å²) in [5, 5.41) is 3.08. The molecule has 122 valence electrons. The minimum Gasteiger partial charge on any atom is -0.383 e. The average Bonchev–Trinajstić information content (AvgIpc) is 2.32. The molecule has 0 aliphatic carbocycles. The normalized spacial score (nSPS) is 24.4. The summed E-state index contributed by atoms with van der Waals surface area (Å²) in [6.07, 6.45) is -0.139. The predicted molar refractivity (Wildman–Crippen MR) is 80.5 cm³/mol. The molecule has 0 saturated carbocycles. The first-order chi connectivity index (χ1) is 8.95. The maximum Gasteiger partial charge on any atom is 0.279 e. The van der Waals surface area contributed by atoms with Crippen LogP contribution in [0.15, 0.2) is 0 Å². The largest absolute Gasteiger partial charge is 0.383 e. The van der Waals surface area contributed by atoms with E-state index in [4.69, 9.17) is 9.47 Å². The fraction of sp³-hybridized carbons (Fsp3) is 1.00. The van der Waals surface area contributed by atoms with Gasteiger partial charge in [-0.3, -0.25) is 0 Å². The minimum atomic E-state index is -3.41. The number of methoxy groups -OCH3 is 1. The Morgan fingerprint density at radius 1 is 1.20 bits per heavy atom. The van der Waals surface area contributed by atoms with E-state index in [-0.39, 0.29) is 24.6 Å². The molecule has 9 heteroatoms. The van der Waals surface area contributed by atoms with Gasteiger partial charge in [0.15, 0.2) is 0 Å². The van der Waals surface area contributed by atoms with Crippen LogP contribution >= 0.6 is 12.4 Å². The maximum atomic E-state index is 12.1. The van der Waals surface area contributed by atoms with Gasteiger partial charge >= 0.3 is 0 Å². The highest BCUT2D eigenvalue weighted by Gasteiger charge is 2.30. The van der Waals surface area contributed by atoms with Crippen LogP contribution in [0.4, 0.5) is 0 Å². The van der Waals surface area contributed by atoms with Crippen molar-refractivity contribution in [2.45, 2.75) is 26.1 Å². The number of nitrogens with zero attached hydrogens (tertiary/aromatic N) is 1. The third kappa shape index (κ3) is 7.16. The molecule has 0 aromatic carbocycles. The van der Waals surface area contributed by atoms with Crippen LogP contribution in [-0.4, -0.2) is 71.4 Å². The van der Waals surface area contributed by atoms with Crippen LogP contribution in [0.25, 0.3) is 0 Å². The molecule has 1 aliphatic heterocycles. The minimum absolute atomic E-state index is 0. The van der Waals surface area contributed by atoms with Crippen LogP contribution < -0.4 is 10.0 Å². The maximum absolute atomic E-state index is 12.1. The van der Waals surface area contributed by atoms with E-state index in [9.17, 15) is 8.42 Å². The second-order valence-corrected chi connectivity index (χ2v) is 6.47. The number of halogens is 1. The third-order valence-corrected chi connectivity index (χ3v) is 4.34. The first-order valence-corrected chi connectivity index (χ1v) is 7.99. The lowest BCUT2D eigenvalue weighted by atomic mass is 10.3. The van der Waals surface area contributed by atoms with Crippen molar-refractivity contribution in [3.63, 3.8) is 0 Å². The second kappa shape index (κ2) is 9.88. The Morgan fingerprint density at radius 3 is 2.35 bits per heavy atom. The zero-order valence-electron chi connectivity index (χ0n) is 12.3. The van der Waals surface area contributed by atoms with Crippen molar-refractivity contribution in [2.24, 2.45) is 0 Å². The fourth-order valence-electron chi connectivity index (χ4n) is 1.99. The predicted octanol–water partition coefficient (Wildman–Crippen LogP) is -0.412. The van der Waals surface area contributed by atoms with E-state index >= 15 is 0 Å². The SMILES string of the molecule is COCCNCCNS(=O)(=O)N1CC(C)OC(C)C1.Cl. The van der Waals surface area contributed by atoms with Crippen molar-refractivity contribution in [1.29, 1.82) is 0 Å². The molecule has 7 nitrogen and oxygen atoms in total. The Morgan fingerprint density at radius 2 is 1.80 bits per heavy atom. The Balaban J connectivity index is 0.00000361. The highest BCUT2D eigenvalue weighted by molar-refractivity contribution is 7.87. The zero-order chi connectivity index (χ0) is 14.3. The zero-order valence-corrected chi connectivity index (χ0v) is 13.9. The highest BCUT2D eigenvalue weighted by atomic mass is 35.5. The molecule has 2 unspecified atom stereocenters. The van der Waals surface area contributed by atoms with E-state index in [0.29, 0.717) is 39.3 Å². The van der Waals surface area contributed by atoms with E-state index in [2.05, 4.69) is 10.0 Å². The Hall–Kier alpha value is 0.0400. The van der Waals surface area contributed by atoms with Gasteiger partial charge in [-0.15, -0.1) is 12.4 Å². The molecule has 0 aromatic rings. The van der Waals surface area contributed by atoms with E-state index in [0.717, 1.165) is 0 Å². The first kappa shape index (κ1) is 20.0. The number of morpholine rings is 1. The van der Waals surface area contributed by atoms with Gasteiger partial charge in [0.25, 0.3) is 10.2 Å². The fourth-order valence-corrected chi connectivity index (χ4v) is 3.34. The van der Waals surface area contributed by atoms with Crippen molar-refractivity contribution < 1.29 is 17.9 Å². The lowest BCUT2D eigenvalue weighted by Crippen LogP contribution is -2.52. The van der Waals surface area contributed by atoms with Crippen molar-refractivity contribution in [2.75, 3.05) is 46.4 Å². The molecule has 1 heterocycles. The topological polar surface area (TPSA) is 79.9 Å². The van der Waals surface area contributed by atoms with Crippen molar-refractivity contribution in [1.82, 2.24) is 14.3 Å². The lowest BCUT2D eigenvalue weighted by Gasteiger charge is -2.34. The van der Waals surface area contributed by atoms with Gasteiger partial charge in [-0.05, 0) is 13.8 Å². The summed E-state index contributed by atoms with van der Waals surface area (Å²) < 4.78 is 38.6. The number of hydrogen-bond acceptors (Lipinski definition) is 5. The van der Waals surface area contributed by atoms with Gasteiger partial charge in [-0.25, -0.2) is 4.72 Å². The van der Waals surface area contributed by atoms with Crippen LogP contribution in [0.3, 0.4) is 0 Å². The van der Waals surface area contributed by atoms with Crippen molar-refractivity contribution in [3.8, 4) is 0 Å². The van der Waals surface area contributed by atoms with E-state index < -0.39 is 10.2 Å². The molecule has 1 aliphatic rings.